The molecule has 1 aliphatic carbocycles. The Morgan fingerprint density at radius 1 is 0.941 bits per heavy atom. The maximum atomic E-state index is 13.9. The van der Waals surface area contributed by atoms with Crippen molar-refractivity contribution in [1.82, 2.24) is 5.32 Å². The van der Waals surface area contributed by atoms with Crippen molar-refractivity contribution < 1.29 is 18.7 Å². The zero-order chi connectivity index (χ0) is 24.4. The highest BCUT2D eigenvalue weighted by Gasteiger charge is 2.21. The summed E-state index contributed by atoms with van der Waals surface area (Å²) in [6.07, 6.45) is 3.93. The topological polar surface area (TPSA) is 67.4 Å². The van der Waals surface area contributed by atoms with E-state index in [9.17, 15) is 14.0 Å². The van der Waals surface area contributed by atoms with Crippen molar-refractivity contribution in [3.8, 4) is 11.5 Å². The first-order chi connectivity index (χ1) is 16.2. The third-order valence-corrected chi connectivity index (χ3v) is 6.50. The summed E-state index contributed by atoms with van der Waals surface area (Å²) < 4.78 is 20.1. The number of anilines is 1. The molecule has 5 nitrogen and oxygen atoms in total. The van der Waals surface area contributed by atoms with Crippen LogP contribution in [0.25, 0.3) is 0 Å². The fourth-order valence-electron chi connectivity index (χ4n) is 3.97. The second-order valence-corrected chi connectivity index (χ2v) is 9.14. The van der Waals surface area contributed by atoms with Gasteiger partial charge in [-0.15, -0.1) is 0 Å². The number of aryl methyl sites for hydroxylation is 1. The lowest BCUT2D eigenvalue weighted by Crippen LogP contribution is -2.35. The van der Waals surface area contributed by atoms with Crippen LogP contribution in [0.2, 0.25) is 15.1 Å². The summed E-state index contributed by atoms with van der Waals surface area (Å²) in [6, 6.07) is 9.76. The number of imide groups is 1. The fraction of sp³-hybridized carbons (Fsp3) is 0.200. The highest BCUT2D eigenvalue weighted by molar-refractivity contribution is 6.34. The molecule has 3 aromatic rings. The number of hydrogen-bond acceptors (Lipinski definition) is 3. The third-order valence-electron chi connectivity index (χ3n) is 5.55. The summed E-state index contributed by atoms with van der Waals surface area (Å²) in [7, 11) is 0. The van der Waals surface area contributed by atoms with Gasteiger partial charge >= 0.3 is 6.03 Å². The number of ether oxygens (including phenoxy) is 1. The number of carbonyl (C=O) groups excluding carboxylic acids is 2. The second-order valence-electron chi connectivity index (χ2n) is 7.92. The summed E-state index contributed by atoms with van der Waals surface area (Å²) in [5.74, 6) is -0.634. The summed E-state index contributed by atoms with van der Waals surface area (Å²) in [5, 5.41) is 5.49. The lowest BCUT2D eigenvalue weighted by Gasteiger charge is -2.22. The van der Waals surface area contributed by atoms with E-state index in [0.717, 1.165) is 47.9 Å². The summed E-state index contributed by atoms with van der Waals surface area (Å²) >= 11 is 18.7. The highest BCUT2D eigenvalue weighted by atomic mass is 35.5. The summed E-state index contributed by atoms with van der Waals surface area (Å²) in [4.78, 5) is 24.6. The molecule has 0 bridgehead atoms. The Morgan fingerprint density at radius 3 is 2.38 bits per heavy atom. The van der Waals surface area contributed by atoms with Gasteiger partial charge in [-0.05, 0) is 85.7 Å². The molecule has 176 valence electrons. The molecule has 0 spiro atoms. The number of urea groups is 1. The highest BCUT2D eigenvalue weighted by Crippen LogP contribution is 2.40. The largest absolute Gasteiger partial charge is 0.455 e. The molecule has 34 heavy (non-hydrogen) atoms. The van der Waals surface area contributed by atoms with Crippen molar-refractivity contribution in [3.63, 3.8) is 0 Å². The minimum Gasteiger partial charge on any atom is -0.455 e. The molecule has 3 amide bonds. The van der Waals surface area contributed by atoms with E-state index >= 15 is 0 Å². The molecule has 9 heteroatoms. The molecule has 1 aliphatic rings. The second kappa shape index (κ2) is 10.2. The lowest BCUT2D eigenvalue weighted by atomic mass is 9.91. The molecular weight excluding hydrogens is 502 g/mol. The zero-order valence-corrected chi connectivity index (χ0v) is 20.4. The SMILES string of the molecule is Cc1cc(NC(=O)NC(=O)c2c(F)cccc2Cl)cc(Cl)c1Oc1ccc(Cl)c2c1CCCC2. The van der Waals surface area contributed by atoms with Crippen LogP contribution in [0.15, 0.2) is 42.5 Å². The van der Waals surface area contributed by atoms with Gasteiger partial charge in [0, 0.05) is 10.7 Å². The van der Waals surface area contributed by atoms with Crippen molar-refractivity contribution in [2.24, 2.45) is 0 Å². The van der Waals surface area contributed by atoms with Crippen molar-refractivity contribution >= 4 is 52.4 Å². The maximum Gasteiger partial charge on any atom is 0.326 e. The first-order valence-corrected chi connectivity index (χ1v) is 11.7. The first kappa shape index (κ1) is 24.3. The van der Waals surface area contributed by atoms with Gasteiger partial charge in [-0.3, -0.25) is 10.1 Å². The number of hydrogen-bond donors (Lipinski definition) is 2. The summed E-state index contributed by atoms with van der Waals surface area (Å²) in [5.41, 5.74) is 2.78. The van der Waals surface area contributed by atoms with E-state index in [1.807, 2.05) is 12.1 Å². The fourth-order valence-corrected chi connectivity index (χ4v) is 4.80. The average molecular weight is 522 g/mol. The van der Waals surface area contributed by atoms with Crippen LogP contribution in [-0.2, 0) is 12.8 Å². The van der Waals surface area contributed by atoms with Crippen LogP contribution in [0.5, 0.6) is 11.5 Å². The Hall–Kier alpha value is -2.80. The van der Waals surface area contributed by atoms with E-state index in [0.29, 0.717) is 22.7 Å². The average Bonchev–Trinajstić information content (AvgIpc) is 2.77. The van der Waals surface area contributed by atoms with E-state index in [-0.39, 0.29) is 10.0 Å². The van der Waals surface area contributed by atoms with Crippen LogP contribution < -0.4 is 15.4 Å². The molecule has 0 aromatic heterocycles. The van der Waals surface area contributed by atoms with Crippen molar-refractivity contribution in [2.75, 3.05) is 5.32 Å². The van der Waals surface area contributed by atoms with Crippen LogP contribution in [0.3, 0.4) is 0 Å². The predicted octanol–water partition coefficient (Wildman–Crippen LogP) is 7.73. The predicted molar refractivity (Wildman–Crippen MR) is 132 cm³/mol. The maximum absolute atomic E-state index is 13.9. The van der Waals surface area contributed by atoms with Gasteiger partial charge in [0.25, 0.3) is 5.91 Å². The molecule has 0 heterocycles. The molecule has 3 aromatic carbocycles. The van der Waals surface area contributed by atoms with Gasteiger partial charge < -0.3 is 10.1 Å². The Labute approximate surface area is 211 Å². The van der Waals surface area contributed by atoms with Gasteiger partial charge in [-0.2, -0.15) is 0 Å². The number of rotatable bonds is 4. The minimum atomic E-state index is -0.962. The van der Waals surface area contributed by atoms with Crippen LogP contribution in [-0.4, -0.2) is 11.9 Å². The lowest BCUT2D eigenvalue weighted by molar-refractivity contribution is 0.0963. The molecular formula is C25H20Cl3FN2O3. The Kier molecular flexibility index (Phi) is 7.31. The van der Waals surface area contributed by atoms with Crippen molar-refractivity contribution in [3.05, 3.63) is 85.6 Å². The standard InChI is InChI=1S/C25H20Cl3FN2O3/c1-13-11-14(30-25(33)31-24(32)22-18(27)7-4-8-20(22)29)12-19(28)23(13)34-21-10-9-17(26)15-5-2-3-6-16(15)21/h4,7-12H,2-3,5-6H2,1H3,(H2,30,31,32,33). The van der Waals surface area contributed by atoms with Gasteiger partial charge in [-0.1, -0.05) is 40.9 Å². The third kappa shape index (κ3) is 5.14. The molecule has 0 radical (unpaired) electrons. The number of amides is 3. The van der Waals surface area contributed by atoms with Crippen LogP contribution in [0.1, 0.15) is 39.9 Å². The Balaban J connectivity index is 1.50. The monoisotopic (exact) mass is 520 g/mol. The Morgan fingerprint density at radius 2 is 1.68 bits per heavy atom. The van der Waals surface area contributed by atoms with Crippen LogP contribution in [0.4, 0.5) is 14.9 Å². The number of nitrogens with one attached hydrogen (secondary N) is 2. The molecule has 2 N–H and O–H groups in total. The van der Waals surface area contributed by atoms with Gasteiger partial charge in [-0.25, -0.2) is 9.18 Å². The van der Waals surface area contributed by atoms with Gasteiger partial charge in [0.1, 0.15) is 17.3 Å². The van der Waals surface area contributed by atoms with Gasteiger partial charge in [0.2, 0.25) is 0 Å². The Bertz CT molecular complexity index is 1250. The molecule has 4 rings (SSSR count). The van der Waals surface area contributed by atoms with E-state index < -0.39 is 23.3 Å². The van der Waals surface area contributed by atoms with E-state index in [2.05, 4.69) is 10.6 Å². The van der Waals surface area contributed by atoms with Gasteiger partial charge in [0.15, 0.2) is 0 Å². The van der Waals surface area contributed by atoms with Crippen molar-refractivity contribution in [2.45, 2.75) is 32.6 Å². The molecule has 0 atom stereocenters. The number of carbonyl (C=O) groups is 2. The summed E-state index contributed by atoms with van der Waals surface area (Å²) in [6.45, 7) is 1.79. The number of benzene rings is 3. The van der Waals surface area contributed by atoms with Crippen molar-refractivity contribution in [1.29, 1.82) is 0 Å². The molecule has 0 saturated carbocycles. The molecule has 0 aliphatic heterocycles. The smallest absolute Gasteiger partial charge is 0.326 e. The van der Waals surface area contributed by atoms with Crippen LogP contribution in [0, 0.1) is 12.7 Å². The number of fused-ring (bicyclic) bond motifs is 1. The van der Waals surface area contributed by atoms with E-state index in [4.69, 9.17) is 39.5 Å². The first-order valence-electron chi connectivity index (χ1n) is 10.6. The minimum absolute atomic E-state index is 0.102. The quantitative estimate of drug-likeness (QED) is 0.369. The molecule has 0 fully saturated rings. The molecule has 0 saturated heterocycles. The van der Waals surface area contributed by atoms with Crippen LogP contribution >= 0.6 is 34.8 Å². The van der Waals surface area contributed by atoms with Gasteiger partial charge in [0.05, 0.1) is 15.6 Å². The number of halogens is 4. The molecule has 0 unspecified atom stereocenters. The normalized spacial score (nSPS) is 12.6. The zero-order valence-electron chi connectivity index (χ0n) is 18.1. The van der Waals surface area contributed by atoms with E-state index in [1.54, 1.807) is 13.0 Å². The van der Waals surface area contributed by atoms with E-state index in [1.165, 1.54) is 18.2 Å².